The molecule has 2 heterocycles. The van der Waals surface area contributed by atoms with Crippen LogP contribution in [0.2, 0.25) is 0 Å². The molecule has 4 aromatic rings. The molecule has 0 spiro atoms. The summed E-state index contributed by atoms with van der Waals surface area (Å²) in [6.45, 7) is 7.29. The molecule has 0 bridgehead atoms. The van der Waals surface area contributed by atoms with Crippen molar-refractivity contribution in [1.29, 1.82) is 0 Å². The SMILES string of the molecule is CC(C)(C)S(=O)(=O)c1cc2c(Nc3ccc4scnc4c3)ccnc2cc1OCCOCCOCCOCCOCC(N)=O. The lowest BCUT2D eigenvalue weighted by atomic mass is 10.1. The van der Waals surface area contributed by atoms with Crippen molar-refractivity contribution in [2.75, 3.05) is 64.8 Å². The Morgan fingerprint density at radius 1 is 0.864 bits per heavy atom. The Morgan fingerprint density at radius 3 is 2.18 bits per heavy atom. The van der Waals surface area contributed by atoms with Crippen LogP contribution in [0.3, 0.4) is 0 Å². The van der Waals surface area contributed by atoms with E-state index in [2.05, 4.69) is 15.3 Å². The number of rotatable bonds is 18. The molecule has 12 nitrogen and oxygen atoms in total. The Balaban J connectivity index is 1.34. The maximum absolute atomic E-state index is 13.7. The average molecular weight is 647 g/mol. The van der Waals surface area contributed by atoms with Gasteiger partial charge >= 0.3 is 0 Å². The van der Waals surface area contributed by atoms with Crippen molar-refractivity contribution in [3.05, 3.63) is 48.1 Å². The molecule has 14 heteroatoms. The van der Waals surface area contributed by atoms with E-state index in [0.717, 1.165) is 15.9 Å². The number of carbonyl (C=O) groups is 1. The Labute approximate surface area is 260 Å². The molecule has 44 heavy (non-hydrogen) atoms. The first-order chi connectivity index (χ1) is 21.1. The van der Waals surface area contributed by atoms with Crippen LogP contribution in [-0.2, 0) is 33.6 Å². The van der Waals surface area contributed by atoms with Crippen LogP contribution in [0.25, 0.3) is 21.1 Å². The molecular formula is C30H38N4O8S2. The van der Waals surface area contributed by atoms with Crippen LogP contribution in [0.4, 0.5) is 11.4 Å². The fourth-order valence-corrected chi connectivity index (χ4v) is 6.02. The summed E-state index contributed by atoms with van der Waals surface area (Å²) in [5.41, 5.74) is 9.80. The topological polar surface area (TPSA) is 161 Å². The predicted octanol–water partition coefficient (Wildman–Crippen LogP) is 4.09. The normalized spacial score (nSPS) is 12.2. The summed E-state index contributed by atoms with van der Waals surface area (Å²) < 4.78 is 54.7. The van der Waals surface area contributed by atoms with E-state index in [9.17, 15) is 13.2 Å². The van der Waals surface area contributed by atoms with Gasteiger partial charge < -0.3 is 34.7 Å². The molecule has 4 rings (SSSR count). The number of anilines is 2. The van der Waals surface area contributed by atoms with Gasteiger partial charge in [0.05, 0.1) is 72.2 Å². The summed E-state index contributed by atoms with van der Waals surface area (Å²) in [5.74, 6) is -0.301. The first-order valence-corrected chi connectivity index (χ1v) is 16.4. The summed E-state index contributed by atoms with van der Waals surface area (Å²) in [6, 6.07) is 11.0. The van der Waals surface area contributed by atoms with Gasteiger partial charge in [-0.15, -0.1) is 11.3 Å². The minimum absolute atomic E-state index is 0.0897. The van der Waals surface area contributed by atoms with Crippen molar-refractivity contribution < 1.29 is 36.9 Å². The summed E-state index contributed by atoms with van der Waals surface area (Å²) >= 11 is 1.57. The second kappa shape index (κ2) is 15.5. The van der Waals surface area contributed by atoms with Crippen molar-refractivity contribution in [1.82, 2.24) is 9.97 Å². The highest BCUT2D eigenvalue weighted by atomic mass is 32.2. The molecule has 0 saturated carbocycles. The van der Waals surface area contributed by atoms with Crippen LogP contribution >= 0.6 is 11.3 Å². The van der Waals surface area contributed by atoms with Gasteiger partial charge in [-0.3, -0.25) is 9.78 Å². The smallest absolute Gasteiger partial charge is 0.243 e. The fourth-order valence-electron chi connectivity index (χ4n) is 4.05. The number of benzene rings is 2. The van der Waals surface area contributed by atoms with Gasteiger partial charge in [0.25, 0.3) is 0 Å². The summed E-state index contributed by atoms with van der Waals surface area (Å²) in [7, 11) is -3.77. The Bertz CT molecular complexity index is 1650. The van der Waals surface area contributed by atoms with Gasteiger partial charge in [0.15, 0.2) is 9.84 Å². The van der Waals surface area contributed by atoms with Gasteiger partial charge in [0, 0.05) is 29.0 Å². The van der Waals surface area contributed by atoms with E-state index >= 15 is 0 Å². The number of primary amides is 1. The number of nitrogens with one attached hydrogen (secondary N) is 1. The molecule has 0 saturated heterocycles. The third-order valence-electron chi connectivity index (χ3n) is 6.36. The maximum atomic E-state index is 13.7. The molecule has 238 valence electrons. The Kier molecular flexibility index (Phi) is 11.8. The summed E-state index contributed by atoms with van der Waals surface area (Å²) in [6.07, 6.45) is 1.67. The third-order valence-corrected chi connectivity index (χ3v) is 9.68. The lowest BCUT2D eigenvalue weighted by molar-refractivity contribution is -0.123. The molecule has 0 aliphatic rings. The molecule has 0 atom stereocenters. The molecule has 2 aromatic heterocycles. The highest BCUT2D eigenvalue weighted by Crippen LogP contribution is 2.38. The minimum Gasteiger partial charge on any atom is -0.490 e. The number of aromatic nitrogens is 2. The molecular weight excluding hydrogens is 608 g/mol. The van der Waals surface area contributed by atoms with Gasteiger partial charge in [0.2, 0.25) is 5.91 Å². The van der Waals surface area contributed by atoms with Crippen LogP contribution in [-0.4, -0.2) is 88.5 Å². The highest BCUT2D eigenvalue weighted by molar-refractivity contribution is 7.92. The second-order valence-corrected chi connectivity index (χ2v) is 14.2. The van der Waals surface area contributed by atoms with Gasteiger partial charge in [-0.2, -0.15) is 0 Å². The number of hydrogen-bond donors (Lipinski definition) is 2. The first kappa shape index (κ1) is 33.5. The first-order valence-electron chi connectivity index (χ1n) is 14.1. The average Bonchev–Trinajstić information content (AvgIpc) is 3.44. The van der Waals surface area contributed by atoms with E-state index in [1.54, 1.807) is 55.9 Å². The van der Waals surface area contributed by atoms with Gasteiger partial charge in [-0.25, -0.2) is 13.4 Å². The maximum Gasteiger partial charge on any atom is 0.243 e. The van der Waals surface area contributed by atoms with Crippen LogP contribution in [0, 0.1) is 0 Å². The lowest BCUT2D eigenvalue weighted by Crippen LogP contribution is -2.28. The lowest BCUT2D eigenvalue weighted by Gasteiger charge is -2.22. The number of fused-ring (bicyclic) bond motifs is 2. The number of amides is 1. The number of nitrogens with two attached hydrogens (primary N) is 1. The standard InChI is InChI=1S/C30H38N4O8S2/c1-30(2,3)44(36,37)28-17-22-23(34-21-4-5-27-25(16-21)33-20-43-27)6-7-32-24(22)18-26(28)42-15-14-40-11-10-38-8-9-39-12-13-41-19-29(31)35/h4-7,16-18,20H,8-15,19H2,1-3H3,(H2,31,35)(H,32,34). The van der Waals surface area contributed by atoms with E-state index in [1.807, 2.05) is 24.3 Å². The van der Waals surface area contributed by atoms with Crippen molar-refractivity contribution >= 4 is 59.6 Å². The van der Waals surface area contributed by atoms with Crippen LogP contribution in [0.5, 0.6) is 5.75 Å². The van der Waals surface area contributed by atoms with Gasteiger partial charge in [-0.1, -0.05) is 0 Å². The molecule has 3 N–H and O–H groups in total. The zero-order valence-electron chi connectivity index (χ0n) is 25.0. The molecule has 1 amide bonds. The Morgan fingerprint density at radius 2 is 1.52 bits per heavy atom. The zero-order valence-corrected chi connectivity index (χ0v) is 26.7. The number of pyridine rings is 1. The van der Waals surface area contributed by atoms with E-state index in [4.69, 9.17) is 29.4 Å². The van der Waals surface area contributed by atoms with Crippen molar-refractivity contribution in [2.45, 2.75) is 30.4 Å². The number of sulfone groups is 1. The van der Waals surface area contributed by atoms with Gasteiger partial charge in [0.1, 0.15) is 23.9 Å². The molecule has 0 aliphatic carbocycles. The largest absolute Gasteiger partial charge is 0.490 e. The Hall–Kier alpha value is -3.40. The summed E-state index contributed by atoms with van der Waals surface area (Å²) in [5, 5.41) is 4.04. The monoisotopic (exact) mass is 646 g/mol. The quantitative estimate of drug-likeness (QED) is 0.150. The number of ether oxygens (including phenoxy) is 5. The predicted molar refractivity (Wildman–Crippen MR) is 170 cm³/mol. The van der Waals surface area contributed by atoms with Crippen LogP contribution < -0.4 is 15.8 Å². The molecule has 0 radical (unpaired) electrons. The third kappa shape index (κ3) is 9.06. The number of thiazole rings is 1. The number of hydrogen-bond acceptors (Lipinski definition) is 12. The highest BCUT2D eigenvalue weighted by Gasteiger charge is 2.34. The van der Waals surface area contributed by atoms with E-state index < -0.39 is 20.5 Å². The van der Waals surface area contributed by atoms with Crippen molar-refractivity contribution in [2.24, 2.45) is 5.73 Å². The summed E-state index contributed by atoms with van der Waals surface area (Å²) in [4.78, 5) is 19.5. The zero-order chi connectivity index (χ0) is 31.6. The van der Waals surface area contributed by atoms with Crippen LogP contribution in [0.1, 0.15) is 20.8 Å². The molecule has 2 aromatic carbocycles. The minimum atomic E-state index is -3.77. The van der Waals surface area contributed by atoms with Crippen molar-refractivity contribution in [3.8, 4) is 5.75 Å². The molecule has 0 aliphatic heterocycles. The van der Waals surface area contributed by atoms with Crippen molar-refractivity contribution in [3.63, 3.8) is 0 Å². The molecule has 0 unspecified atom stereocenters. The van der Waals surface area contributed by atoms with E-state index in [1.165, 1.54) is 0 Å². The van der Waals surface area contributed by atoms with E-state index in [0.29, 0.717) is 49.6 Å². The fraction of sp³-hybridized carbons (Fsp3) is 0.433. The van der Waals surface area contributed by atoms with Crippen LogP contribution in [0.15, 0.2) is 53.0 Å². The van der Waals surface area contributed by atoms with Gasteiger partial charge in [-0.05, 0) is 51.1 Å². The number of nitrogens with zero attached hydrogens (tertiary/aromatic N) is 2. The number of carbonyl (C=O) groups excluding carboxylic acids is 1. The van der Waals surface area contributed by atoms with E-state index in [-0.39, 0.29) is 37.1 Å². The second-order valence-electron chi connectivity index (χ2n) is 10.7. The molecule has 0 fully saturated rings.